The Kier molecular flexibility index (Phi) is 6.84. The molecule has 0 aliphatic carbocycles. The Morgan fingerprint density at radius 3 is 2.42 bits per heavy atom. The van der Waals surface area contributed by atoms with Gasteiger partial charge in [-0.05, 0) is 19.8 Å². The van der Waals surface area contributed by atoms with Gasteiger partial charge < -0.3 is 10.6 Å². The third kappa shape index (κ3) is 5.19. The number of aryl methyl sites for hydroxylation is 2. The van der Waals surface area contributed by atoms with Gasteiger partial charge >= 0.3 is 0 Å². The van der Waals surface area contributed by atoms with Gasteiger partial charge in [-0.15, -0.1) is 11.3 Å². The summed E-state index contributed by atoms with van der Waals surface area (Å²) in [6.07, 6.45) is 2.40. The predicted molar refractivity (Wildman–Crippen MR) is 83.9 cm³/mol. The Bertz CT molecular complexity index is 408. The van der Waals surface area contributed by atoms with Crippen LogP contribution in [0, 0.1) is 19.8 Å². The number of hydrogen-bond acceptors (Lipinski definition) is 3. The number of guanidine groups is 1. The van der Waals surface area contributed by atoms with E-state index in [2.05, 4.69) is 41.4 Å². The summed E-state index contributed by atoms with van der Waals surface area (Å²) in [5.74, 6) is 1.59. The van der Waals surface area contributed by atoms with E-state index in [0.29, 0.717) is 5.92 Å². The van der Waals surface area contributed by atoms with Crippen molar-refractivity contribution in [1.82, 2.24) is 15.6 Å². The van der Waals surface area contributed by atoms with Crippen molar-refractivity contribution < 1.29 is 0 Å². The summed E-state index contributed by atoms with van der Waals surface area (Å²) in [5, 5.41) is 7.86. The number of rotatable bonds is 6. The van der Waals surface area contributed by atoms with Crippen LogP contribution in [0.4, 0.5) is 0 Å². The highest BCUT2D eigenvalue weighted by molar-refractivity contribution is 7.11. The third-order valence-electron chi connectivity index (χ3n) is 3.35. The molecule has 5 heteroatoms. The highest BCUT2D eigenvalue weighted by Gasteiger charge is 2.07. The molecule has 0 aliphatic rings. The number of aromatic nitrogens is 1. The molecule has 0 unspecified atom stereocenters. The zero-order valence-electron chi connectivity index (χ0n) is 12.7. The molecule has 1 rings (SSSR count). The first kappa shape index (κ1) is 16.0. The summed E-state index contributed by atoms with van der Waals surface area (Å²) in [4.78, 5) is 9.97. The Balaban J connectivity index is 2.43. The minimum atomic E-state index is 0.714. The standard InChI is InChI=1S/C14H26N4S/c1-6-12(7-2)8-16-14(15-5)17-9-13-10(3)18-11(4)19-13/h12H,6-9H2,1-5H3,(H2,15,16,17). The van der Waals surface area contributed by atoms with Gasteiger partial charge in [0.05, 0.1) is 17.2 Å². The van der Waals surface area contributed by atoms with Crippen LogP contribution in [0.3, 0.4) is 0 Å². The molecule has 0 aliphatic heterocycles. The van der Waals surface area contributed by atoms with E-state index in [-0.39, 0.29) is 0 Å². The topological polar surface area (TPSA) is 49.3 Å². The molecule has 4 nitrogen and oxygen atoms in total. The van der Waals surface area contributed by atoms with Crippen molar-refractivity contribution in [1.29, 1.82) is 0 Å². The summed E-state index contributed by atoms with van der Waals surface area (Å²) >= 11 is 1.74. The van der Waals surface area contributed by atoms with Gasteiger partial charge in [-0.25, -0.2) is 4.98 Å². The van der Waals surface area contributed by atoms with E-state index in [0.717, 1.165) is 29.8 Å². The van der Waals surface area contributed by atoms with Crippen molar-refractivity contribution >= 4 is 17.3 Å². The first-order valence-corrected chi connectivity index (χ1v) is 7.79. The van der Waals surface area contributed by atoms with Gasteiger partial charge in [-0.2, -0.15) is 0 Å². The second-order valence-corrected chi connectivity index (χ2v) is 6.02. The first-order chi connectivity index (χ1) is 9.10. The fourth-order valence-corrected chi connectivity index (χ4v) is 2.82. The first-order valence-electron chi connectivity index (χ1n) is 6.98. The van der Waals surface area contributed by atoms with E-state index in [9.17, 15) is 0 Å². The molecular formula is C14H26N4S. The fraction of sp³-hybridized carbons (Fsp3) is 0.714. The van der Waals surface area contributed by atoms with Gasteiger partial charge in [0.2, 0.25) is 0 Å². The highest BCUT2D eigenvalue weighted by atomic mass is 32.1. The zero-order valence-corrected chi connectivity index (χ0v) is 13.5. The van der Waals surface area contributed by atoms with Gasteiger partial charge in [0, 0.05) is 18.5 Å². The van der Waals surface area contributed by atoms with Crippen molar-refractivity contribution in [3.8, 4) is 0 Å². The average molecular weight is 282 g/mol. The van der Waals surface area contributed by atoms with Crippen molar-refractivity contribution in [3.63, 3.8) is 0 Å². The molecule has 0 bridgehead atoms. The minimum Gasteiger partial charge on any atom is -0.356 e. The van der Waals surface area contributed by atoms with Gasteiger partial charge in [-0.3, -0.25) is 4.99 Å². The lowest BCUT2D eigenvalue weighted by atomic mass is 10.0. The maximum atomic E-state index is 4.43. The van der Waals surface area contributed by atoms with Crippen LogP contribution >= 0.6 is 11.3 Å². The van der Waals surface area contributed by atoms with Crippen LogP contribution in [0.5, 0.6) is 0 Å². The lowest BCUT2D eigenvalue weighted by Crippen LogP contribution is -2.39. The van der Waals surface area contributed by atoms with E-state index in [1.165, 1.54) is 17.7 Å². The largest absolute Gasteiger partial charge is 0.356 e. The van der Waals surface area contributed by atoms with Crippen molar-refractivity contribution in [2.75, 3.05) is 13.6 Å². The van der Waals surface area contributed by atoms with E-state index in [1.807, 2.05) is 14.0 Å². The van der Waals surface area contributed by atoms with Crippen LogP contribution < -0.4 is 10.6 Å². The van der Waals surface area contributed by atoms with Crippen LogP contribution in [-0.4, -0.2) is 24.5 Å². The smallest absolute Gasteiger partial charge is 0.191 e. The van der Waals surface area contributed by atoms with Crippen LogP contribution in [0.25, 0.3) is 0 Å². The molecule has 0 fully saturated rings. The molecule has 0 aromatic carbocycles. The lowest BCUT2D eigenvalue weighted by molar-refractivity contribution is 0.481. The number of aliphatic imine (C=N–C) groups is 1. The Labute approximate surface area is 120 Å². The molecule has 1 aromatic heterocycles. The Morgan fingerprint density at radius 2 is 1.95 bits per heavy atom. The SMILES string of the molecule is CCC(CC)CNC(=NC)NCc1sc(C)nc1C. The molecule has 0 radical (unpaired) electrons. The predicted octanol–water partition coefficient (Wildman–Crippen LogP) is 2.86. The molecule has 0 saturated heterocycles. The number of hydrogen-bond donors (Lipinski definition) is 2. The van der Waals surface area contributed by atoms with Crippen LogP contribution in [0.2, 0.25) is 0 Å². The summed E-state index contributed by atoms with van der Waals surface area (Å²) in [6.45, 7) is 10.3. The summed E-state index contributed by atoms with van der Waals surface area (Å²) < 4.78 is 0. The maximum Gasteiger partial charge on any atom is 0.191 e. The molecule has 1 aromatic rings. The van der Waals surface area contributed by atoms with Gasteiger partial charge in [-0.1, -0.05) is 26.7 Å². The molecule has 0 atom stereocenters. The van der Waals surface area contributed by atoms with Crippen molar-refractivity contribution in [2.45, 2.75) is 47.1 Å². The van der Waals surface area contributed by atoms with Gasteiger partial charge in [0.15, 0.2) is 5.96 Å². The molecule has 108 valence electrons. The number of nitrogens with one attached hydrogen (secondary N) is 2. The number of thiazole rings is 1. The van der Waals surface area contributed by atoms with E-state index < -0.39 is 0 Å². The Morgan fingerprint density at radius 1 is 1.26 bits per heavy atom. The van der Waals surface area contributed by atoms with Crippen LogP contribution in [0.15, 0.2) is 4.99 Å². The summed E-state index contributed by atoms with van der Waals surface area (Å²) in [7, 11) is 1.81. The third-order valence-corrected chi connectivity index (χ3v) is 4.43. The maximum absolute atomic E-state index is 4.43. The molecule has 0 spiro atoms. The quantitative estimate of drug-likeness (QED) is 0.623. The van der Waals surface area contributed by atoms with E-state index >= 15 is 0 Å². The van der Waals surface area contributed by atoms with E-state index in [1.54, 1.807) is 11.3 Å². The van der Waals surface area contributed by atoms with Crippen LogP contribution in [-0.2, 0) is 6.54 Å². The minimum absolute atomic E-state index is 0.714. The Hall–Kier alpha value is -1.10. The highest BCUT2D eigenvalue weighted by Crippen LogP contribution is 2.16. The lowest BCUT2D eigenvalue weighted by Gasteiger charge is -2.16. The summed E-state index contributed by atoms with van der Waals surface area (Å²) in [6, 6.07) is 0. The molecule has 0 amide bonds. The van der Waals surface area contributed by atoms with Gasteiger partial charge in [0.1, 0.15) is 0 Å². The monoisotopic (exact) mass is 282 g/mol. The van der Waals surface area contributed by atoms with Crippen LogP contribution in [0.1, 0.15) is 42.3 Å². The fourth-order valence-electron chi connectivity index (χ4n) is 1.94. The second kappa shape index (κ2) is 8.15. The van der Waals surface area contributed by atoms with Crippen molar-refractivity contribution in [2.24, 2.45) is 10.9 Å². The van der Waals surface area contributed by atoms with Crippen molar-refractivity contribution in [3.05, 3.63) is 15.6 Å². The van der Waals surface area contributed by atoms with E-state index in [4.69, 9.17) is 0 Å². The van der Waals surface area contributed by atoms with Gasteiger partial charge in [0.25, 0.3) is 0 Å². The molecule has 2 N–H and O–H groups in total. The molecule has 0 saturated carbocycles. The normalized spacial score (nSPS) is 12.0. The second-order valence-electron chi connectivity index (χ2n) is 4.73. The average Bonchev–Trinajstić information content (AvgIpc) is 2.72. The molecule has 1 heterocycles. The summed E-state index contributed by atoms with van der Waals surface area (Å²) in [5.41, 5.74) is 1.12. The zero-order chi connectivity index (χ0) is 14.3. The molecule has 19 heavy (non-hydrogen) atoms. The number of nitrogens with zero attached hydrogens (tertiary/aromatic N) is 2. The molecular weight excluding hydrogens is 256 g/mol.